The van der Waals surface area contributed by atoms with Gasteiger partial charge < -0.3 is 19.2 Å². The molecule has 2 aliphatic heterocycles. The van der Waals surface area contributed by atoms with E-state index >= 15 is 0 Å². The Bertz CT molecular complexity index is 882. The molecule has 4 heterocycles. The summed E-state index contributed by atoms with van der Waals surface area (Å²) in [7, 11) is 0. The summed E-state index contributed by atoms with van der Waals surface area (Å²) in [5, 5.41) is 10.3. The number of amides is 1. The van der Waals surface area contributed by atoms with Gasteiger partial charge in [0.1, 0.15) is 6.04 Å². The summed E-state index contributed by atoms with van der Waals surface area (Å²) in [6.07, 6.45) is 5.92. The van der Waals surface area contributed by atoms with Gasteiger partial charge in [-0.05, 0) is 69.7 Å². The molecule has 2 fully saturated rings. The van der Waals surface area contributed by atoms with E-state index < -0.39 is 6.09 Å². The maximum Gasteiger partial charge on any atom is 0.407 e. The fraction of sp³-hybridized carbons (Fsp3) is 0.591. The molecule has 0 radical (unpaired) electrons. The Labute approximate surface area is 175 Å². The molecule has 0 spiro atoms. The summed E-state index contributed by atoms with van der Waals surface area (Å²) >= 11 is 0. The molecular formula is C22H29N3O5. The third kappa shape index (κ3) is 4.14. The zero-order chi connectivity index (χ0) is 21.1. The number of piperidine rings is 2. The van der Waals surface area contributed by atoms with Crippen LogP contribution in [0.25, 0.3) is 11.1 Å². The highest BCUT2D eigenvalue weighted by Gasteiger charge is 2.39. The summed E-state index contributed by atoms with van der Waals surface area (Å²) < 4.78 is 11.0. The van der Waals surface area contributed by atoms with Crippen molar-refractivity contribution >= 4 is 23.2 Å². The van der Waals surface area contributed by atoms with Crippen LogP contribution in [0, 0.1) is 5.92 Å². The van der Waals surface area contributed by atoms with Gasteiger partial charge in [0.05, 0.1) is 12.9 Å². The second-order valence-electron chi connectivity index (χ2n) is 8.16. The van der Waals surface area contributed by atoms with E-state index in [-0.39, 0.29) is 17.9 Å². The van der Waals surface area contributed by atoms with Crippen molar-refractivity contribution in [1.29, 1.82) is 0 Å². The average Bonchev–Trinajstić information content (AvgIpc) is 3.19. The van der Waals surface area contributed by atoms with E-state index in [2.05, 4.69) is 9.88 Å². The summed E-state index contributed by atoms with van der Waals surface area (Å²) in [5.74, 6) is 0.321. The first-order chi connectivity index (χ1) is 14.6. The third-order valence-corrected chi connectivity index (χ3v) is 6.53. The van der Waals surface area contributed by atoms with Crippen molar-refractivity contribution in [3.05, 3.63) is 30.2 Å². The molecule has 2 saturated heterocycles. The number of furan rings is 1. The summed E-state index contributed by atoms with van der Waals surface area (Å²) in [6, 6.07) is 3.67. The predicted molar refractivity (Wildman–Crippen MR) is 110 cm³/mol. The Kier molecular flexibility index (Phi) is 6.22. The van der Waals surface area contributed by atoms with E-state index in [0.717, 1.165) is 31.3 Å². The van der Waals surface area contributed by atoms with Gasteiger partial charge in [0.2, 0.25) is 5.71 Å². The van der Waals surface area contributed by atoms with Crippen LogP contribution in [0.2, 0.25) is 0 Å². The number of likely N-dealkylation sites (tertiary alicyclic amines) is 2. The molecule has 1 unspecified atom stereocenters. The number of fused-ring (bicyclic) bond motifs is 1. The van der Waals surface area contributed by atoms with Crippen LogP contribution in [-0.2, 0) is 9.53 Å². The molecule has 0 aromatic carbocycles. The number of pyridine rings is 1. The van der Waals surface area contributed by atoms with Crippen molar-refractivity contribution < 1.29 is 23.8 Å². The third-order valence-electron chi connectivity index (χ3n) is 6.53. The summed E-state index contributed by atoms with van der Waals surface area (Å²) in [4.78, 5) is 32.0. The first-order valence-corrected chi connectivity index (χ1v) is 10.8. The maximum atomic E-state index is 12.8. The average molecular weight is 415 g/mol. The van der Waals surface area contributed by atoms with Gasteiger partial charge in [0.25, 0.3) is 0 Å². The van der Waals surface area contributed by atoms with E-state index in [0.29, 0.717) is 44.2 Å². The lowest BCUT2D eigenvalue weighted by Crippen LogP contribution is -2.53. The van der Waals surface area contributed by atoms with E-state index in [1.807, 2.05) is 25.3 Å². The Morgan fingerprint density at radius 3 is 2.63 bits per heavy atom. The van der Waals surface area contributed by atoms with Crippen LogP contribution in [0.4, 0.5) is 4.79 Å². The molecule has 8 nitrogen and oxygen atoms in total. The summed E-state index contributed by atoms with van der Waals surface area (Å²) in [5.41, 5.74) is 1.87. The van der Waals surface area contributed by atoms with Gasteiger partial charge in [-0.25, -0.2) is 9.78 Å². The fourth-order valence-electron chi connectivity index (χ4n) is 4.97. The molecule has 2 aliphatic rings. The maximum absolute atomic E-state index is 12.8. The molecule has 0 saturated carbocycles. The van der Waals surface area contributed by atoms with Gasteiger partial charge in [-0.15, -0.1) is 0 Å². The van der Waals surface area contributed by atoms with Gasteiger partial charge in [0, 0.05) is 30.2 Å². The van der Waals surface area contributed by atoms with Crippen LogP contribution in [0.3, 0.4) is 0 Å². The van der Waals surface area contributed by atoms with Gasteiger partial charge in [-0.1, -0.05) is 0 Å². The molecule has 2 aromatic heterocycles. The molecule has 1 atom stereocenters. The highest BCUT2D eigenvalue weighted by molar-refractivity contribution is 5.78. The lowest BCUT2D eigenvalue weighted by atomic mass is 9.84. The Hall–Kier alpha value is -2.61. The van der Waals surface area contributed by atoms with Crippen LogP contribution >= 0.6 is 0 Å². The number of carboxylic acid groups (broad SMARTS) is 1. The monoisotopic (exact) mass is 415 g/mol. The molecule has 0 bridgehead atoms. The van der Waals surface area contributed by atoms with Crippen LogP contribution in [-0.4, -0.2) is 70.8 Å². The summed E-state index contributed by atoms with van der Waals surface area (Å²) in [6.45, 7) is 4.74. The first-order valence-electron chi connectivity index (χ1n) is 10.8. The van der Waals surface area contributed by atoms with Crippen LogP contribution in [0.5, 0.6) is 0 Å². The number of hydrogen-bond acceptors (Lipinski definition) is 6. The SMILES string of the molecule is CCOC(=O)C(C1CCN(C(=O)O)CC1)N1CCC(c2coc3ncccc23)CC1. The Morgan fingerprint density at radius 1 is 1.23 bits per heavy atom. The highest BCUT2D eigenvalue weighted by Crippen LogP contribution is 2.36. The number of aromatic nitrogens is 1. The van der Waals surface area contributed by atoms with Crippen molar-refractivity contribution in [1.82, 2.24) is 14.8 Å². The zero-order valence-electron chi connectivity index (χ0n) is 17.3. The normalized spacial score (nSPS) is 20.4. The lowest BCUT2D eigenvalue weighted by molar-refractivity contribution is -0.153. The molecule has 162 valence electrons. The van der Waals surface area contributed by atoms with Crippen molar-refractivity contribution in [3.63, 3.8) is 0 Å². The number of esters is 1. The largest absolute Gasteiger partial charge is 0.465 e. The number of ether oxygens (including phenoxy) is 1. The number of hydrogen-bond donors (Lipinski definition) is 1. The number of carbonyl (C=O) groups is 2. The Balaban J connectivity index is 1.44. The second kappa shape index (κ2) is 9.04. The minimum Gasteiger partial charge on any atom is -0.465 e. The van der Waals surface area contributed by atoms with E-state index in [4.69, 9.17) is 9.15 Å². The lowest BCUT2D eigenvalue weighted by Gasteiger charge is -2.42. The highest BCUT2D eigenvalue weighted by atomic mass is 16.5. The van der Waals surface area contributed by atoms with E-state index in [1.54, 1.807) is 6.20 Å². The first kappa shape index (κ1) is 20.7. The molecular weight excluding hydrogens is 386 g/mol. The quantitative estimate of drug-likeness (QED) is 0.748. The van der Waals surface area contributed by atoms with Crippen LogP contribution < -0.4 is 0 Å². The van der Waals surface area contributed by atoms with Crippen molar-refractivity contribution in [2.24, 2.45) is 5.92 Å². The van der Waals surface area contributed by atoms with Gasteiger partial charge in [-0.3, -0.25) is 9.69 Å². The molecule has 30 heavy (non-hydrogen) atoms. The second-order valence-corrected chi connectivity index (χ2v) is 8.16. The van der Waals surface area contributed by atoms with Gasteiger partial charge >= 0.3 is 12.1 Å². The van der Waals surface area contributed by atoms with Crippen LogP contribution in [0.1, 0.15) is 44.1 Å². The fourth-order valence-corrected chi connectivity index (χ4v) is 4.97. The molecule has 0 aliphatic carbocycles. The molecule has 8 heteroatoms. The number of nitrogens with zero attached hydrogens (tertiary/aromatic N) is 3. The predicted octanol–water partition coefficient (Wildman–Crippen LogP) is 3.33. The topological polar surface area (TPSA) is 96.1 Å². The number of carbonyl (C=O) groups excluding carboxylic acids is 1. The van der Waals surface area contributed by atoms with Gasteiger partial charge in [0.15, 0.2) is 0 Å². The van der Waals surface area contributed by atoms with E-state index in [1.165, 1.54) is 10.5 Å². The molecule has 1 N–H and O–H groups in total. The molecule has 1 amide bonds. The Morgan fingerprint density at radius 2 is 1.97 bits per heavy atom. The smallest absolute Gasteiger partial charge is 0.407 e. The molecule has 2 aromatic rings. The zero-order valence-corrected chi connectivity index (χ0v) is 17.3. The molecule has 4 rings (SSSR count). The van der Waals surface area contributed by atoms with Gasteiger partial charge in [-0.2, -0.15) is 0 Å². The van der Waals surface area contributed by atoms with E-state index in [9.17, 15) is 14.7 Å². The van der Waals surface area contributed by atoms with Crippen molar-refractivity contribution in [3.8, 4) is 0 Å². The standard InChI is InChI=1S/C22H29N3O5/c1-2-29-21(26)19(16-7-12-25(13-8-16)22(27)28)24-10-5-15(6-11-24)18-14-30-20-17(18)4-3-9-23-20/h3-4,9,14-16,19H,2,5-8,10-13H2,1H3,(H,27,28). The van der Waals surface area contributed by atoms with Crippen molar-refractivity contribution in [2.45, 2.75) is 44.6 Å². The van der Waals surface area contributed by atoms with Crippen molar-refractivity contribution in [2.75, 3.05) is 32.8 Å². The van der Waals surface area contributed by atoms with Crippen LogP contribution in [0.15, 0.2) is 29.0 Å². The minimum absolute atomic E-state index is 0.121. The minimum atomic E-state index is -0.885. The number of rotatable bonds is 5.